The number of benzene rings is 2. The van der Waals surface area contributed by atoms with Crippen LogP contribution in [0, 0.1) is 0 Å². The van der Waals surface area contributed by atoms with Gasteiger partial charge in [-0.15, -0.1) is 0 Å². The lowest BCUT2D eigenvalue weighted by Crippen LogP contribution is -2.13. The fourth-order valence-electron chi connectivity index (χ4n) is 3.06. The fraction of sp³-hybridized carbons (Fsp3) is 0.167. The molecule has 7 heteroatoms. The number of carbonyl (C=O) groups is 1. The Morgan fingerprint density at radius 3 is 2.56 bits per heavy atom. The molecule has 128 valence electrons. The molecule has 1 aliphatic carbocycles. The van der Waals surface area contributed by atoms with Gasteiger partial charge in [0.25, 0.3) is 10.0 Å². The number of aryl methyl sites for hydroxylation is 1. The summed E-state index contributed by atoms with van der Waals surface area (Å²) in [7, 11) is -3.74. The van der Waals surface area contributed by atoms with Crippen LogP contribution in [0.2, 0.25) is 5.02 Å². The molecule has 0 unspecified atom stereocenters. The van der Waals surface area contributed by atoms with Crippen molar-refractivity contribution in [2.24, 2.45) is 0 Å². The van der Waals surface area contributed by atoms with E-state index in [1.54, 1.807) is 18.2 Å². The maximum Gasteiger partial charge on any atom is 0.261 e. The highest BCUT2D eigenvalue weighted by Gasteiger charge is 2.25. The number of hydrogen-bond acceptors (Lipinski definition) is 4. The monoisotopic (exact) mass is 375 g/mol. The van der Waals surface area contributed by atoms with E-state index < -0.39 is 10.0 Å². The number of nitrogens with one attached hydrogen (secondary N) is 1. The van der Waals surface area contributed by atoms with E-state index in [9.17, 15) is 13.2 Å². The Balaban J connectivity index is 1.73. The molecule has 0 amide bonds. The van der Waals surface area contributed by atoms with Crippen molar-refractivity contribution in [3.05, 3.63) is 58.8 Å². The molecule has 1 aromatic heterocycles. The summed E-state index contributed by atoms with van der Waals surface area (Å²) >= 11 is 5.80. The number of sulfonamides is 1. The summed E-state index contributed by atoms with van der Waals surface area (Å²) in [6.45, 7) is 0. The smallest absolute Gasteiger partial charge is 0.261 e. The van der Waals surface area contributed by atoms with Crippen LogP contribution in [0.1, 0.15) is 29.0 Å². The van der Waals surface area contributed by atoms with Gasteiger partial charge in [0, 0.05) is 28.9 Å². The van der Waals surface area contributed by atoms with Crippen molar-refractivity contribution in [1.29, 1.82) is 0 Å². The maximum absolute atomic E-state index is 12.5. The first kappa shape index (κ1) is 16.2. The fourth-order valence-corrected chi connectivity index (χ4v) is 4.23. The Morgan fingerprint density at radius 2 is 1.80 bits per heavy atom. The molecule has 1 N–H and O–H groups in total. The average Bonchev–Trinajstić information content (AvgIpc) is 2.94. The largest absolute Gasteiger partial charge is 0.460 e. The van der Waals surface area contributed by atoms with E-state index in [1.165, 1.54) is 24.3 Å². The van der Waals surface area contributed by atoms with Crippen molar-refractivity contribution in [3.8, 4) is 0 Å². The third kappa shape index (κ3) is 2.92. The van der Waals surface area contributed by atoms with E-state index in [0.29, 0.717) is 39.4 Å². The summed E-state index contributed by atoms with van der Waals surface area (Å²) in [6, 6.07) is 10.9. The summed E-state index contributed by atoms with van der Waals surface area (Å²) in [5.41, 5.74) is 1.55. The topological polar surface area (TPSA) is 76.4 Å². The van der Waals surface area contributed by atoms with Gasteiger partial charge in [-0.25, -0.2) is 8.42 Å². The van der Waals surface area contributed by atoms with Gasteiger partial charge < -0.3 is 4.42 Å². The van der Waals surface area contributed by atoms with Crippen molar-refractivity contribution in [1.82, 2.24) is 0 Å². The number of Topliss-reactive ketones (excluding diaryl/α,β-unsaturated/α-hetero) is 1. The minimum Gasteiger partial charge on any atom is -0.460 e. The van der Waals surface area contributed by atoms with Crippen LogP contribution < -0.4 is 4.72 Å². The molecule has 1 aliphatic rings. The van der Waals surface area contributed by atoms with Crippen LogP contribution in [0.5, 0.6) is 0 Å². The van der Waals surface area contributed by atoms with Crippen LogP contribution in [0.15, 0.2) is 51.8 Å². The second-order valence-corrected chi connectivity index (χ2v) is 8.07. The van der Waals surface area contributed by atoms with E-state index in [-0.39, 0.29) is 10.7 Å². The minimum absolute atomic E-state index is 0.0395. The zero-order valence-electron chi connectivity index (χ0n) is 13.1. The molecule has 25 heavy (non-hydrogen) atoms. The average molecular weight is 376 g/mol. The van der Waals surface area contributed by atoms with Crippen molar-refractivity contribution >= 4 is 44.1 Å². The van der Waals surface area contributed by atoms with Crippen LogP contribution in [0.25, 0.3) is 11.0 Å². The van der Waals surface area contributed by atoms with E-state index in [1.807, 2.05) is 0 Å². The van der Waals surface area contributed by atoms with Crippen molar-refractivity contribution in [2.75, 3.05) is 4.72 Å². The predicted octanol–water partition coefficient (Wildman–Crippen LogP) is 4.41. The van der Waals surface area contributed by atoms with Gasteiger partial charge in [0.15, 0.2) is 5.78 Å². The second-order valence-electron chi connectivity index (χ2n) is 5.95. The molecule has 2 aromatic carbocycles. The maximum atomic E-state index is 12.5. The Hall–Kier alpha value is -2.31. The lowest BCUT2D eigenvalue weighted by molar-refractivity contribution is 0.0971. The third-order valence-electron chi connectivity index (χ3n) is 4.22. The Morgan fingerprint density at radius 1 is 1.04 bits per heavy atom. The highest BCUT2D eigenvalue weighted by atomic mass is 35.5. The van der Waals surface area contributed by atoms with Gasteiger partial charge in [-0.1, -0.05) is 11.6 Å². The number of ketones is 1. The van der Waals surface area contributed by atoms with Gasteiger partial charge in [-0.2, -0.15) is 0 Å². The van der Waals surface area contributed by atoms with Crippen molar-refractivity contribution < 1.29 is 17.6 Å². The molecule has 0 atom stereocenters. The second kappa shape index (κ2) is 5.89. The summed E-state index contributed by atoms with van der Waals surface area (Å²) < 4.78 is 33.3. The van der Waals surface area contributed by atoms with Gasteiger partial charge in [-0.05, 0) is 48.9 Å². The normalized spacial score (nSPS) is 14.5. The molecular weight excluding hydrogens is 362 g/mol. The Labute approximate surface area is 149 Å². The van der Waals surface area contributed by atoms with E-state index in [0.717, 1.165) is 12.8 Å². The van der Waals surface area contributed by atoms with Gasteiger partial charge in [-0.3, -0.25) is 9.52 Å². The molecule has 0 spiro atoms. The first-order valence-electron chi connectivity index (χ1n) is 7.81. The molecule has 0 fully saturated rings. The number of halogens is 1. The molecule has 3 aromatic rings. The number of fused-ring (bicyclic) bond motifs is 3. The molecule has 0 radical (unpaired) electrons. The zero-order valence-corrected chi connectivity index (χ0v) is 14.7. The van der Waals surface area contributed by atoms with Crippen LogP contribution >= 0.6 is 11.6 Å². The summed E-state index contributed by atoms with van der Waals surface area (Å²) in [4.78, 5) is 12.3. The lowest BCUT2D eigenvalue weighted by Gasteiger charge is -2.09. The van der Waals surface area contributed by atoms with Crippen LogP contribution in [0.3, 0.4) is 0 Å². The number of furan rings is 1. The standard InChI is InChI=1S/C18H14ClNO4S/c19-11-4-7-13(8-5-11)25(22,23)20-12-6-9-16-14(10-12)18-15(21)2-1-3-17(18)24-16/h4-10,20H,1-3H2. The van der Waals surface area contributed by atoms with Gasteiger partial charge >= 0.3 is 0 Å². The number of hydrogen-bond donors (Lipinski definition) is 1. The predicted molar refractivity (Wildman–Crippen MR) is 95.7 cm³/mol. The highest BCUT2D eigenvalue weighted by Crippen LogP contribution is 2.33. The molecule has 0 aliphatic heterocycles. The summed E-state index contributed by atoms with van der Waals surface area (Å²) in [6.07, 6.45) is 1.99. The first-order chi connectivity index (χ1) is 11.9. The van der Waals surface area contributed by atoms with E-state index >= 15 is 0 Å². The summed E-state index contributed by atoms with van der Waals surface area (Å²) in [5.74, 6) is 0.724. The quantitative estimate of drug-likeness (QED) is 0.735. The molecule has 4 rings (SSSR count). The molecule has 0 saturated carbocycles. The van der Waals surface area contributed by atoms with Gasteiger partial charge in [0.1, 0.15) is 11.3 Å². The molecular formula is C18H14ClNO4S. The Kier molecular flexibility index (Phi) is 3.81. The SMILES string of the molecule is O=C1CCCc2oc3ccc(NS(=O)(=O)c4ccc(Cl)cc4)cc3c21. The van der Waals surface area contributed by atoms with Crippen LogP contribution in [0.4, 0.5) is 5.69 Å². The number of carbonyl (C=O) groups excluding carboxylic acids is 1. The Bertz CT molecular complexity index is 1080. The molecule has 0 bridgehead atoms. The van der Waals surface area contributed by atoms with Crippen LogP contribution in [-0.2, 0) is 16.4 Å². The molecule has 0 saturated heterocycles. The lowest BCUT2D eigenvalue weighted by atomic mass is 9.94. The summed E-state index contributed by atoms with van der Waals surface area (Å²) in [5, 5.41) is 1.11. The minimum atomic E-state index is -3.74. The van der Waals surface area contributed by atoms with Gasteiger partial charge in [0.2, 0.25) is 0 Å². The third-order valence-corrected chi connectivity index (χ3v) is 5.87. The molecule has 5 nitrogen and oxygen atoms in total. The van der Waals surface area contributed by atoms with E-state index in [4.69, 9.17) is 16.0 Å². The molecule has 1 heterocycles. The van der Waals surface area contributed by atoms with Crippen molar-refractivity contribution in [2.45, 2.75) is 24.2 Å². The number of anilines is 1. The van der Waals surface area contributed by atoms with Crippen molar-refractivity contribution in [3.63, 3.8) is 0 Å². The first-order valence-corrected chi connectivity index (χ1v) is 9.67. The number of rotatable bonds is 3. The zero-order chi connectivity index (χ0) is 17.6. The van der Waals surface area contributed by atoms with Gasteiger partial charge in [0.05, 0.1) is 10.5 Å². The van der Waals surface area contributed by atoms with Crippen LogP contribution in [-0.4, -0.2) is 14.2 Å². The van der Waals surface area contributed by atoms with E-state index in [2.05, 4.69) is 4.72 Å². The highest BCUT2D eigenvalue weighted by molar-refractivity contribution is 7.92.